The topological polar surface area (TPSA) is 89.9 Å². The van der Waals surface area contributed by atoms with Gasteiger partial charge in [0.1, 0.15) is 0 Å². The Balaban J connectivity index is 0.00000153. The molecule has 2 aromatic heterocycles. The maximum Gasteiger partial charge on any atom is 0.292 e. The molecular weight excluding hydrogens is 483 g/mol. The fraction of sp³-hybridized carbons (Fsp3) is 0.391. The van der Waals surface area contributed by atoms with Gasteiger partial charge in [-0.25, -0.2) is 0 Å². The number of halogens is 3. The summed E-state index contributed by atoms with van der Waals surface area (Å²) in [6.07, 6.45) is 7.15. The average molecular weight is 510 g/mol. The second kappa shape index (κ2) is 10.4. The number of aromatic nitrogens is 4. The maximum absolute atomic E-state index is 13.3. The van der Waals surface area contributed by atoms with Crippen LogP contribution in [0.4, 0.5) is 0 Å². The highest BCUT2D eigenvalue weighted by atomic mass is 35.5. The van der Waals surface area contributed by atoms with Crippen LogP contribution in [0.25, 0.3) is 11.4 Å². The number of rotatable bonds is 4. The first-order valence-corrected chi connectivity index (χ1v) is 11.1. The molecule has 2 N–H and O–H groups in total. The van der Waals surface area contributed by atoms with Gasteiger partial charge in [-0.1, -0.05) is 23.7 Å². The van der Waals surface area contributed by atoms with E-state index in [0.717, 1.165) is 42.1 Å². The molecule has 0 radical (unpaired) electrons. The number of amides is 1. The number of carbonyl (C=O) groups excluding carboxylic acids is 1. The van der Waals surface area contributed by atoms with Gasteiger partial charge in [-0.3, -0.25) is 9.78 Å². The number of fused-ring (bicyclic) bond motifs is 1. The Morgan fingerprint density at radius 1 is 1.03 bits per heavy atom. The summed E-state index contributed by atoms with van der Waals surface area (Å²) in [6, 6.07) is 12.0. The minimum Gasteiger partial charge on any atom is -0.331 e. The minimum atomic E-state index is -0.0746. The summed E-state index contributed by atoms with van der Waals surface area (Å²) in [6.45, 7) is 1.94. The van der Waals surface area contributed by atoms with E-state index < -0.39 is 0 Å². The smallest absolute Gasteiger partial charge is 0.292 e. The van der Waals surface area contributed by atoms with E-state index in [1.54, 1.807) is 12.4 Å². The molecule has 176 valence electrons. The number of pyridine rings is 1. The highest BCUT2D eigenvalue weighted by molar-refractivity contribution is 6.30. The minimum absolute atomic E-state index is 0. The highest BCUT2D eigenvalue weighted by Gasteiger charge is 2.40. The Kier molecular flexibility index (Phi) is 8.00. The molecule has 33 heavy (non-hydrogen) atoms. The maximum atomic E-state index is 13.3. The number of nitrogens with zero attached hydrogens (tertiary/aromatic N) is 5. The molecule has 0 spiro atoms. The summed E-state index contributed by atoms with van der Waals surface area (Å²) in [7, 11) is 0. The van der Waals surface area contributed by atoms with E-state index in [4.69, 9.17) is 17.3 Å². The third-order valence-electron chi connectivity index (χ3n) is 6.89. The summed E-state index contributed by atoms with van der Waals surface area (Å²) in [4.78, 5) is 19.3. The zero-order valence-corrected chi connectivity index (χ0v) is 20.5. The molecule has 3 aromatic rings. The first kappa shape index (κ1) is 25.4. The Bertz CT molecular complexity index is 1100. The molecule has 1 aliphatic heterocycles. The van der Waals surface area contributed by atoms with Gasteiger partial charge in [-0.15, -0.1) is 35.0 Å². The molecule has 1 aromatic carbocycles. The van der Waals surface area contributed by atoms with Gasteiger partial charge >= 0.3 is 0 Å². The van der Waals surface area contributed by atoms with Gasteiger partial charge in [0.25, 0.3) is 5.91 Å². The third-order valence-corrected chi connectivity index (χ3v) is 7.12. The summed E-state index contributed by atoms with van der Waals surface area (Å²) in [5.74, 6) is 1.10. The molecule has 1 fully saturated rings. The summed E-state index contributed by atoms with van der Waals surface area (Å²) >= 11 is 6.23. The van der Waals surface area contributed by atoms with E-state index in [1.807, 2.05) is 39.8 Å². The first-order chi connectivity index (χ1) is 15.1. The van der Waals surface area contributed by atoms with Crippen molar-refractivity contribution in [3.63, 3.8) is 0 Å². The van der Waals surface area contributed by atoms with Crippen molar-refractivity contribution in [3.05, 3.63) is 65.2 Å². The molecule has 5 rings (SSSR count). The van der Waals surface area contributed by atoms with Crippen molar-refractivity contribution in [3.8, 4) is 11.4 Å². The lowest BCUT2D eigenvalue weighted by atomic mass is 9.68. The fourth-order valence-corrected chi connectivity index (χ4v) is 5.26. The van der Waals surface area contributed by atoms with Crippen molar-refractivity contribution in [2.45, 2.75) is 43.7 Å². The predicted molar refractivity (Wildman–Crippen MR) is 133 cm³/mol. The number of nitrogens with two attached hydrogens (primary N) is 1. The van der Waals surface area contributed by atoms with E-state index in [1.165, 1.54) is 5.56 Å². The lowest BCUT2D eigenvalue weighted by Gasteiger charge is -2.44. The zero-order valence-electron chi connectivity index (χ0n) is 18.1. The van der Waals surface area contributed by atoms with Gasteiger partial charge in [-0.2, -0.15) is 0 Å². The van der Waals surface area contributed by atoms with Crippen LogP contribution in [-0.4, -0.2) is 49.7 Å². The molecule has 1 saturated carbocycles. The van der Waals surface area contributed by atoms with E-state index in [-0.39, 0.29) is 42.2 Å². The van der Waals surface area contributed by atoms with Crippen molar-refractivity contribution in [2.24, 2.45) is 5.73 Å². The van der Waals surface area contributed by atoms with Gasteiger partial charge < -0.3 is 15.2 Å². The Morgan fingerprint density at radius 3 is 2.39 bits per heavy atom. The van der Waals surface area contributed by atoms with Gasteiger partial charge in [0.05, 0.1) is 0 Å². The highest BCUT2D eigenvalue weighted by Crippen LogP contribution is 2.41. The van der Waals surface area contributed by atoms with Gasteiger partial charge in [-0.05, 0) is 55.5 Å². The van der Waals surface area contributed by atoms with Crippen LogP contribution in [0.5, 0.6) is 0 Å². The summed E-state index contributed by atoms with van der Waals surface area (Å²) in [5.41, 5.74) is 8.29. The van der Waals surface area contributed by atoms with Crippen LogP contribution in [0.3, 0.4) is 0 Å². The monoisotopic (exact) mass is 508 g/mol. The average Bonchev–Trinajstić information content (AvgIpc) is 3.25. The number of hydrogen-bond donors (Lipinski definition) is 1. The van der Waals surface area contributed by atoms with Crippen molar-refractivity contribution in [1.29, 1.82) is 0 Å². The largest absolute Gasteiger partial charge is 0.331 e. The van der Waals surface area contributed by atoms with Gasteiger partial charge in [0, 0.05) is 54.1 Å². The number of carbonyl (C=O) groups is 1. The predicted octanol–water partition coefficient (Wildman–Crippen LogP) is 4.13. The van der Waals surface area contributed by atoms with Crippen LogP contribution in [0.1, 0.15) is 41.9 Å². The van der Waals surface area contributed by atoms with Crippen molar-refractivity contribution >= 4 is 42.3 Å². The standard InChI is InChI=1S/C23H25ClN6O.2ClH/c24-18-3-1-2-17(14-18)23(15-25)8-4-19(5-9-23)29-12-13-30-20(16-6-10-26-11-7-16)27-28-21(30)22(29)31;;/h1-3,6-7,10-11,14,19H,4-5,8-9,12-13,15,25H2;2*1H/t19-,23-;;. The Hall–Kier alpha value is -2.19. The molecule has 0 atom stereocenters. The lowest BCUT2D eigenvalue weighted by molar-refractivity contribution is 0.0523. The van der Waals surface area contributed by atoms with E-state index in [2.05, 4.69) is 21.2 Å². The van der Waals surface area contributed by atoms with Crippen LogP contribution in [-0.2, 0) is 12.0 Å². The van der Waals surface area contributed by atoms with E-state index in [0.29, 0.717) is 25.5 Å². The van der Waals surface area contributed by atoms with Crippen LogP contribution in [0, 0.1) is 0 Å². The summed E-state index contributed by atoms with van der Waals surface area (Å²) in [5, 5.41) is 9.26. The Labute approximate surface area is 210 Å². The fourth-order valence-electron chi connectivity index (χ4n) is 5.07. The molecule has 3 heterocycles. The second-order valence-electron chi connectivity index (χ2n) is 8.46. The SMILES string of the molecule is Cl.Cl.NC[C@]1(c2cccc(Cl)c2)CC[C@H](N2CCn3c(nnc3-c3ccncc3)C2=O)CC1. The quantitative estimate of drug-likeness (QED) is 0.571. The normalized spacial score (nSPS) is 22.2. The summed E-state index contributed by atoms with van der Waals surface area (Å²) < 4.78 is 1.92. The third kappa shape index (κ3) is 4.60. The molecule has 10 heteroatoms. The van der Waals surface area contributed by atoms with Crippen LogP contribution in [0.15, 0.2) is 48.8 Å². The molecule has 0 bridgehead atoms. The molecule has 0 unspecified atom stereocenters. The molecule has 1 aliphatic carbocycles. The van der Waals surface area contributed by atoms with Crippen molar-refractivity contribution in [1.82, 2.24) is 24.6 Å². The molecule has 7 nitrogen and oxygen atoms in total. The molecule has 1 amide bonds. The van der Waals surface area contributed by atoms with E-state index in [9.17, 15) is 4.79 Å². The van der Waals surface area contributed by atoms with Crippen LogP contribution < -0.4 is 5.73 Å². The molecule has 0 saturated heterocycles. The first-order valence-electron chi connectivity index (χ1n) is 10.7. The lowest BCUT2D eigenvalue weighted by Crippen LogP contribution is -2.50. The van der Waals surface area contributed by atoms with Crippen molar-refractivity contribution in [2.75, 3.05) is 13.1 Å². The van der Waals surface area contributed by atoms with Crippen LogP contribution in [0.2, 0.25) is 5.02 Å². The zero-order chi connectivity index (χ0) is 21.4. The number of benzene rings is 1. The van der Waals surface area contributed by atoms with E-state index >= 15 is 0 Å². The molecule has 2 aliphatic rings. The van der Waals surface area contributed by atoms with Crippen LogP contribution >= 0.6 is 36.4 Å². The van der Waals surface area contributed by atoms with Gasteiger partial charge in [0.15, 0.2) is 5.82 Å². The van der Waals surface area contributed by atoms with Gasteiger partial charge in [0.2, 0.25) is 5.82 Å². The number of hydrogen-bond acceptors (Lipinski definition) is 5. The second-order valence-corrected chi connectivity index (χ2v) is 8.90. The van der Waals surface area contributed by atoms with Crippen molar-refractivity contribution < 1.29 is 4.79 Å². The molecular formula is C23H27Cl3N6O. The Morgan fingerprint density at radius 2 is 1.73 bits per heavy atom.